The zero-order valence-electron chi connectivity index (χ0n) is 16.6. The molecule has 0 spiro atoms. The number of amides is 1. The summed E-state index contributed by atoms with van der Waals surface area (Å²) in [6.45, 7) is 2.37. The number of aromatic nitrogens is 2. The molecule has 0 aliphatic carbocycles. The molecule has 6 nitrogen and oxygen atoms in total. The number of hydrogen-bond donors (Lipinski definition) is 1. The molecule has 28 heavy (non-hydrogen) atoms. The summed E-state index contributed by atoms with van der Waals surface area (Å²) in [5, 5.41) is 7.08. The van der Waals surface area contributed by atoms with E-state index in [4.69, 9.17) is 4.74 Å². The predicted molar refractivity (Wildman–Crippen MR) is 98.9 cm³/mol. The van der Waals surface area contributed by atoms with E-state index in [1.165, 1.54) is 0 Å². The second-order valence-corrected chi connectivity index (χ2v) is 6.83. The van der Waals surface area contributed by atoms with E-state index >= 15 is 0 Å². The monoisotopic (exact) mass is 398 g/mol. The lowest BCUT2D eigenvalue weighted by Gasteiger charge is -2.24. The van der Waals surface area contributed by atoms with E-state index in [2.05, 4.69) is 10.4 Å². The van der Waals surface area contributed by atoms with E-state index < -0.39 is 18.8 Å². The Balaban J connectivity index is 2.12. The standard InChI is InChI=1S/C19H25F3N4O2/c1-12-6-14(7-13(2)17(12)28-11-19(20,21)22)9-25(4)18(27)16(23-3)15-8-24-26(5)10-15/h6-8,10,16,23H,9,11H2,1-5H3. The van der Waals surface area contributed by atoms with E-state index in [-0.39, 0.29) is 11.7 Å². The van der Waals surface area contributed by atoms with Crippen LogP contribution in [0.1, 0.15) is 28.3 Å². The molecule has 1 amide bonds. The van der Waals surface area contributed by atoms with Gasteiger partial charge in [-0.1, -0.05) is 12.1 Å². The molecule has 1 unspecified atom stereocenters. The average molecular weight is 398 g/mol. The Kier molecular flexibility index (Phi) is 6.71. The summed E-state index contributed by atoms with van der Waals surface area (Å²) < 4.78 is 43.8. The molecule has 1 aromatic heterocycles. The number of rotatable bonds is 7. The number of likely N-dealkylation sites (N-methyl/N-ethyl adjacent to an activating group) is 2. The van der Waals surface area contributed by atoms with Crippen molar-refractivity contribution in [2.75, 3.05) is 20.7 Å². The van der Waals surface area contributed by atoms with Gasteiger partial charge in [0.15, 0.2) is 6.61 Å². The zero-order chi connectivity index (χ0) is 21.1. The molecular formula is C19H25F3N4O2. The molecule has 1 N–H and O–H groups in total. The lowest BCUT2D eigenvalue weighted by molar-refractivity contribution is -0.153. The first-order valence-corrected chi connectivity index (χ1v) is 8.72. The van der Waals surface area contributed by atoms with Gasteiger partial charge in [-0.15, -0.1) is 0 Å². The van der Waals surface area contributed by atoms with Crippen LogP contribution in [0.3, 0.4) is 0 Å². The number of nitrogens with one attached hydrogen (secondary N) is 1. The number of hydrogen-bond acceptors (Lipinski definition) is 4. The number of halogens is 3. The number of benzene rings is 1. The van der Waals surface area contributed by atoms with Gasteiger partial charge in [0.25, 0.3) is 0 Å². The molecule has 0 aliphatic rings. The molecule has 1 atom stereocenters. The fraction of sp³-hybridized carbons (Fsp3) is 0.474. The van der Waals surface area contributed by atoms with Crippen LogP contribution in [0.15, 0.2) is 24.5 Å². The van der Waals surface area contributed by atoms with Crippen LogP contribution in [0.2, 0.25) is 0 Å². The largest absolute Gasteiger partial charge is 0.484 e. The van der Waals surface area contributed by atoms with Crippen LogP contribution in [0.5, 0.6) is 5.75 Å². The van der Waals surface area contributed by atoms with Crippen LogP contribution in [-0.4, -0.2) is 47.5 Å². The molecule has 154 valence electrons. The minimum absolute atomic E-state index is 0.136. The van der Waals surface area contributed by atoms with E-state index in [9.17, 15) is 18.0 Å². The van der Waals surface area contributed by atoms with E-state index in [0.717, 1.165) is 11.1 Å². The Morgan fingerprint density at radius 2 is 1.93 bits per heavy atom. The van der Waals surface area contributed by atoms with Crippen molar-refractivity contribution < 1.29 is 22.7 Å². The number of carbonyl (C=O) groups excluding carboxylic acids is 1. The van der Waals surface area contributed by atoms with Gasteiger partial charge < -0.3 is 15.0 Å². The van der Waals surface area contributed by atoms with Crippen LogP contribution >= 0.6 is 0 Å². The molecule has 0 bridgehead atoms. The molecule has 0 saturated heterocycles. The molecule has 1 aromatic carbocycles. The maximum absolute atomic E-state index is 12.8. The van der Waals surface area contributed by atoms with Crippen molar-refractivity contribution >= 4 is 5.91 Å². The highest BCUT2D eigenvalue weighted by Crippen LogP contribution is 2.28. The van der Waals surface area contributed by atoms with Crippen molar-refractivity contribution in [1.29, 1.82) is 0 Å². The zero-order valence-corrected chi connectivity index (χ0v) is 16.6. The fourth-order valence-corrected chi connectivity index (χ4v) is 3.11. The summed E-state index contributed by atoms with van der Waals surface area (Å²) in [5.74, 6) is 0.0849. The highest BCUT2D eigenvalue weighted by atomic mass is 19.4. The number of aryl methyl sites for hydroxylation is 3. The lowest BCUT2D eigenvalue weighted by atomic mass is 10.0. The topological polar surface area (TPSA) is 59.4 Å². The quantitative estimate of drug-likeness (QED) is 0.779. The highest BCUT2D eigenvalue weighted by molar-refractivity contribution is 5.83. The molecule has 9 heteroatoms. The summed E-state index contributed by atoms with van der Waals surface area (Å²) in [6.07, 6.45) is -0.985. The van der Waals surface area contributed by atoms with Gasteiger partial charge in [0.1, 0.15) is 11.8 Å². The van der Waals surface area contributed by atoms with Crippen molar-refractivity contribution in [1.82, 2.24) is 20.0 Å². The smallest absolute Gasteiger partial charge is 0.422 e. The average Bonchev–Trinajstić information content (AvgIpc) is 2.99. The summed E-state index contributed by atoms with van der Waals surface area (Å²) in [4.78, 5) is 14.4. The minimum Gasteiger partial charge on any atom is -0.484 e. The van der Waals surface area contributed by atoms with Gasteiger partial charge in [-0.3, -0.25) is 9.48 Å². The van der Waals surface area contributed by atoms with Crippen LogP contribution < -0.4 is 10.1 Å². The van der Waals surface area contributed by atoms with Crippen LogP contribution in [0.4, 0.5) is 13.2 Å². The first-order valence-electron chi connectivity index (χ1n) is 8.72. The summed E-state index contributed by atoms with van der Waals surface area (Å²) in [7, 11) is 5.16. The molecule has 2 rings (SSSR count). The van der Waals surface area contributed by atoms with Crippen LogP contribution in [0, 0.1) is 13.8 Å². The normalized spacial score (nSPS) is 12.7. The summed E-state index contributed by atoms with van der Waals surface area (Å²) in [5.41, 5.74) is 2.76. The van der Waals surface area contributed by atoms with Crippen molar-refractivity contribution in [2.45, 2.75) is 32.6 Å². The van der Waals surface area contributed by atoms with Gasteiger partial charge in [-0.25, -0.2) is 0 Å². The SMILES string of the molecule is CNC(C(=O)N(C)Cc1cc(C)c(OCC(F)(F)F)c(C)c1)c1cnn(C)c1. The number of alkyl halides is 3. The molecular weight excluding hydrogens is 373 g/mol. The Morgan fingerprint density at radius 1 is 1.32 bits per heavy atom. The third-order valence-electron chi connectivity index (χ3n) is 4.29. The Labute approximate surface area is 162 Å². The van der Waals surface area contributed by atoms with Crippen molar-refractivity contribution in [3.05, 3.63) is 46.8 Å². The van der Waals surface area contributed by atoms with Gasteiger partial charge in [-0.05, 0) is 37.6 Å². The summed E-state index contributed by atoms with van der Waals surface area (Å²) >= 11 is 0. The first-order chi connectivity index (χ1) is 13.0. The highest BCUT2D eigenvalue weighted by Gasteiger charge is 2.29. The molecule has 2 aromatic rings. The minimum atomic E-state index is -4.39. The number of ether oxygens (including phenoxy) is 1. The van der Waals surface area contributed by atoms with Crippen molar-refractivity contribution in [3.63, 3.8) is 0 Å². The van der Waals surface area contributed by atoms with Crippen LogP contribution in [-0.2, 0) is 18.4 Å². The maximum atomic E-state index is 12.8. The van der Waals surface area contributed by atoms with Gasteiger partial charge in [-0.2, -0.15) is 18.3 Å². The van der Waals surface area contributed by atoms with Gasteiger partial charge in [0.2, 0.25) is 5.91 Å². The van der Waals surface area contributed by atoms with Gasteiger partial charge in [0, 0.05) is 32.4 Å². The van der Waals surface area contributed by atoms with Gasteiger partial charge >= 0.3 is 6.18 Å². The summed E-state index contributed by atoms with van der Waals surface area (Å²) in [6, 6.07) is 2.94. The van der Waals surface area contributed by atoms with Crippen LogP contribution in [0.25, 0.3) is 0 Å². The number of nitrogens with zero attached hydrogens (tertiary/aromatic N) is 3. The van der Waals surface area contributed by atoms with E-state index in [0.29, 0.717) is 17.7 Å². The molecule has 0 fully saturated rings. The Bertz CT molecular complexity index is 810. The molecule has 0 radical (unpaired) electrons. The molecule has 1 heterocycles. The lowest BCUT2D eigenvalue weighted by Crippen LogP contribution is -2.37. The molecule has 0 aliphatic heterocycles. The third kappa shape index (κ3) is 5.48. The first kappa shape index (κ1) is 21.7. The van der Waals surface area contributed by atoms with Gasteiger partial charge in [0.05, 0.1) is 6.20 Å². The van der Waals surface area contributed by atoms with E-state index in [1.807, 2.05) is 0 Å². The van der Waals surface area contributed by atoms with E-state index in [1.54, 1.807) is 69.1 Å². The third-order valence-corrected chi connectivity index (χ3v) is 4.29. The molecule has 0 saturated carbocycles. The second-order valence-electron chi connectivity index (χ2n) is 6.83. The fourth-order valence-electron chi connectivity index (χ4n) is 3.11. The maximum Gasteiger partial charge on any atom is 0.422 e. The Morgan fingerprint density at radius 3 is 2.39 bits per heavy atom. The van der Waals surface area contributed by atoms with Crippen molar-refractivity contribution in [3.8, 4) is 5.75 Å². The van der Waals surface area contributed by atoms with Crippen molar-refractivity contribution in [2.24, 2.45) is 7.05 Å². The predicted octanol–water partition coefficient (Wildman–Crippen LogP) is 2.90. The second kappa shape index (κ2) is 8.64. The Hall–Kier alpha value is -2.55. The number of carbonyl (C=O) groups is 1.